The van der Waals surface area contributed by atoms with Gasteiger partial charge in [0, 0.05) is 43.5 Å². The second-order valence-electron chi connectivity index (χ2n) is 4.61. The van der Waals surface area contributed by atoms with E-state index in [0.29, 0.717) is 12.6 Å². The van der Waals surface area contributed by atoms with Crippen LogP contribution in [0.25, 0.3) is 0 Å². The van der Waals surface area contributed by atoms with Crippen molar-refractivity contribution in [2.75, 3.05) is 13.2 Å². The lowest BCUT2D eigenvalue weighted by Crippen LogP contribution is -2.36. The van der Waals surface area contributed by atoms with Crippen LogP contribution >= 0.6 is 0 Å². The fourth-order valence-electron chi connectivity index (χ4n) is 2.06. The van der Waals surface area contributed by atoms with Crippen LogP contribution in [-0.4, -0.2) is 34.1 Å². The topological polar surface area (TPSA) is 76.1 Å². The van der Waals surface area contributed by atoms with Crippen molar-refractivity contribution in [3.05, 3.63) is 18.0 Å². The van der Waals surface area contributed by atoms with Gasteiger partial charge in [0.15, 0.2) is 0 Å². The predicted molar refractivity (Wildman–Crippen MR) is 73.2 cm³/mol. The molecule has 0 saturated carbocycles. The molecule has 5 heteroatoms. The first-order chi connectivity index (χ1) is 8.74. The minimum Gasteiger partial charge on any atom is -0.396 e. The van der Waals surface area contributed by atoms with Crippen LogP contribution in [0.5, 0.6) is 0 Å². The highest BCUT2D eigenvalue weighted by molar-refractivity contribution is 5.11. The fraction of sp³-hybridized carbons (Fsp3) is 0.769. The van der Waals surface area contributed by atoms with Crippen LogP contribution in [0.4, 0.5) is 0 Å². The molecule has 2 unspecified atom stereocenters. The maximum Gasteiger partial charge on any atom is 0.0538 e. The maximum absolute atomic E-state index is 9.01. The number of nitrogens with one attached hydrogen (secondary N) is 1. The molecule has 0 spiro atoms. The number of aromatic nitrogens is 2. The number of nitrogens with zero attached hydrogens (tertiary/aromatic N) is 2. The molecule has 104 valence electrons. The van der Waals surface area contributed by atoms with E-state index in [2.05, 4.69) is 30.5 Å². The molecule has 1 rings (SSSR count). The van der Waals surface area contributed by atoms with Gasteiger partial charge in [-0.15, -0.1) is 0 Å². The van der Waals surface area contributed by atoms with Gasteiger partial charge in [0.1, 0.15) is 0 Å². The average Bonchev–Trinajstić information content (AvgIpc) is 2.83. The molecule has 1 heterocycles. The molecule has 4 N–H and O–H groups in total. The van der Waals surface area contributed by atoms with Gasteiger partial charge in [0.25, 0.3) is 0 Å². The largest absolute Gasteiger partial charge is 0.396 e. The third kappa shape index (κ3) is 4.40. The van der Waals surface area contributed by atoms with Crippen molar-refractivity contribution in [2.45, 2.75) is 51.7 Å². The van der Waals surface area contributed by atoms with E-state index in [1.807, 2.05) is 10.9 Å². The summed E-state index contributed by atoms with van der Waals surface area (Å²) in [5, 5.41) is 16.8. The van der Waals surface area contributed by atoms with Gasteiger partial charge in [-0.25, -0.2) is 0 Å². The number of aryl methyl sites for hydroxylation is 1. The zero-order chi connectivity index (χ0) is 13.4. The number of rotatable bonds is 9. The number of aliphatic hydroxyl groups is 1. The molecule has 1 aromatic heterocycles. The predicted octanol–water partition coefficient (Wildman–Crippen LogP) is 1.04. The number of hydrogen-bond acceptors (Lipinski definition) is 4. The van der Waals surface area contributed by atoms with Crippen LogP contribution in [0.15, 0.2) is 12.4 Å². The zero-order valence-corrected chi connectivity index (χ0v) is 11.5. The van der Waals surface area contributed by atoms with Crippen LogP contribution in [-0.2, 0) is 6.54 Å². The Kier molecular flexibility index (Phi) is 6.93. The van der Waals surface area contributed by atoms with Crippen molar-refractivity contribution < 1.29 is 5.11 Å². The van der Waals surface area contributed by atoms with Gasteiger partial charge in [-0.05, 0) is 19.3 Å². The minimum absolute atomic E-state index is 0.118. The summed E-state index contributed by atoms with van der Waals surface area (Å²) in [5.74, 6) is 0. The second kappa shape index (κ2) is 8.24. The van der Waals surface area contributed by atoms with Crippen LogP contribution in [0, 0.1) is 0 Å². The molecule has 18 heavy (non-hydrogen) atoms. The Morgan fingerprint density at radius 3 is 2.83 bits per heavy atom. The van der Waals surface area contributed by atoms with Gasteiger partial charge < -0.3 is 16.2 Å². The fourth-order valence-corrected chi connectivity index (χ4v) is 2.06. The maximum atomic E-state index is 9.01. The highest BCUT2D eigenvalue weighted by atomic mass is 16.3. The van der Waals surface area contributed by atoms with Gasteiger partial charge in [0.2, 0.25) is 0 Å². The van der Waals surface area contributed by atoms with Crippen molar-refractivity contribution in [2.24, 2.45) is 5.73 Å². The van der Waals surface area contributed by atoms with Gasteiger partial charge in [-0.2, -0.15) is 5.10 Å². The summed E-state index contributed by atoms with van der Waals surface area (Å²) in [4.78, 5) is 0. The van der Waals surface area contributed by atoms with Crippen molar-refractivity contribution in [3.8, 4) is 0 Å². The first kappa shape index (κ1) is 15.1. The number of hydrogen-bond donors (Lipinski definition) is 3. The number of aliphatic hydroxyl groups excluding tert-OH is 1. The molecule has 0 fully saturated rings. The lowest BCUT2D eigenvalue weighted by Gasteiger charge is -2.22. The van der Waals surface area contributed by atoms with Gasteiger partial charge >= 0.3 is 0 Å². The summed E-state index contributed by atoms with van der Waals surface area (Å²) in [6.07, 6.45) is 6.76. The third-order valence-electron chi connectivity index (χ3n) is 3.15. The average molecular weight is 254 g/mol. The summed E-state index contributed by atoms with van der Waals surface area (Å²) in [7, 11) is 0. The molecular formula is C13H26N4O. The normalized spacial score (nSPS) is 14.7. The van der Waals surface area contributed by atoms with E-state index < -0.39 is 0 Å². The monoisotopic (exact) mass is 254 g/mol. The summed E-state index contributed by atoms with van der Waals surface area (Å²) in [5.41, 5.74) is 6.95. The molecule has 0 bridgehead atoms. The summed E-state index contributed by atoms with van der Waals surface area (Å²) >= 11 is 0. The molecular weight excluding hydrogens is 228 g/mol. The van der Waals surface area contributed by atoms with Crippen LogP contribution in [0.2, 0.25) is 0 Å². The van der Waals surface area contributed by atoms with Crippen molar-refractivity contribution in [1.82, 2.24) is 15.1 Å². The van der Waals surface area contributed by atoms with E-state index in [4.69, 9.17) is 10.8 Å². The van der Waals surface area contributed by atoms with E-state index in [1.165, 1.54) is 0 Å². The third-order valence-corrected chi connectivity index (χ3v) is 3.15. The van der Waals surface area contributed by atoms with E-state index in [1.54, 1.807) is 0 Å². The Balaban J connectivity index is 2.63. The second-order valence-corrected chi connectivity index (χ2v) is 4.61. The summed E-state index contributed by atoms with van der Waals surface area (Å²) in [6.45, 7) is 5.93. The molecule has 0 aliphatic carbocycles. The van der Waals surface area contributed by atoms with Gasteiger partial charge in [-0.3, -0.25) is 4.68 Å². The molecule has 0 amide bonds. The molecule has 0 aliphatic rings. The molecule has 0 aromatic carbocycles. The molecule has 0 aliphatic heterocycles. The Labute approximate surface area is 109 Å². The molecule has 0 saturated heterocycles. The van der Waals surface area contributed by atoms with E-state index in [9.17, 15) is 0 Å². The molecule has 5 nitrogen and oxygen atoms in total. The Morgan fingerprint density at radius 2 is 2.28 bits per heavy atom. The molecule has 1 aromatic rings. The molecule has 2 atom stereocenters. The first-order valence-electron chi connectivity index (χ1n) is 6.84. The standard InChI is InChI=1S/C13H26N4O/c1-3-6-17-10-11(9-15-17)13(8-14)16-12(4-2)5-7-18/h9-10,12-13,16,18H,3-8,14H2,1-2H3. The van der Waals surface area contributed by atoms with Gasteiger partial charge in [-0.1, -0.05) is 13.8 Å². The molecule has 0 radical (unpaired) electrons. The Bertz CT molecular complexity index is 327. The van der Waals surface area contributed by atoms with Crippen LogP contribution in [0.3, 0.4) is 0 Å². The van der Waals surface area contributed by atoms with Crippen LogP contribution in [0.1, 0.15) is 44.7 Å². The SMILES string of the molecule is CCCn1cc(C(CN)NC(CC)CCO)cn1. The van der Waals surface area contributed by atoms with E-state index >= 15 is 0 Å². The van der Waals surface area contributed by atoms with Gasteiger partial charge in [0.05, 0.1) is 6.20 Å². The summed E-state index contributed by atoms with van der Waals surface area (Å²) < 4.78 is 1.95. The first-order valence-corrected chi connectivity index (χ1v) is 6.84. The minimum atomic E-state index is 0.118. The summed E-state index contributed by atoms with van der Waals surface area (Å²) in [6, 6.07) is 0.421. The quantitative estimate of drug-likeness (QED) is 0.615. The van der Waals surface area contributed by atoms with Crippen LogP contribution < -0.4 is 11.1 Å². The Morgan fingerprint density at radius 1 is 1.50 bits per heavy atom. The highest BCUT2D eigenvalue weighted by Gasteiger charge is 2.15. The lowest BCUT2D eigenvalue weighted by molar-refractivity contribution is 0.256. The lowest BCUT2D eigenvalue weighted by atomic mass is 10.1. The van der Waals surface area contributed by atoms with E-state index in [0.717, 1.165) is 31.4 Å². The number of nitrogens with two attached hydrogens (primary N) is 1. The zero-order valence-electron chi connectivity index (χ0n) is 11.5. The highest BCUT2D eigenvalue weighted by Crippen LogP contribution is 2.13. The van der Waals surface area contributed by atoms with Crippen molar-refractivity contribution >= 4 is 0 Å². The van der Waals surface area contributed by atoms with Crippen molar-refractivity contribution in [1.29, 1.82) is 0 Å². The van der Waals surface area contributed by atoms with Crippen molar-refractivity contribution in [3.63, 3.8) is 0 Å². The Hall–Kier alpha value is -0.910. The smallest absolute Gasteiger partial charge is 0.0538 e. The van der Waals surface area contributed by atoms with E-state index in [-0.39, 0.29) is 12.6 Å².